The number of benzene rings is 2. The zero-order chi connectivity index (χ0) is 22.5. The van der Waals surface area contributed by atoms with Gasteiger partial charge >= 0.3 is 5.97 Å². The summed E-state index contributed by atoms with van der Waals surface area (Å²) in [5.74, 6) is 0.451. The van der Waals surface area contributed by atoms with Crippen LogP contribution in [0.5, 0.6) is 17.2 Å². The molecular formula is C25H31NO6. The molecule has 2 aromatic rings. The second-order valence-electron chi connectivity index (χ2n) is 8.33. The van der Waals surface area contributed by atoms with Crippen molar-refractivity contribution in [3.63, 3.8) is 0 Å². The number of nitrogens with zero attached hydrogens (tertiary/aromatic N) is 1. The lowest BCUT2D eigenvalue weighted by atomic mass is 9.71. The van der Waals surface area contributed by atoms with E-state index in [1.54, 1.807) is 7.11 Å². The smallest absolute Gasteiger partial charge is 0.307 e. The van der Waals surface area contributed by atoms with E-state index in [-0.39, 0.29) is 18.6 Å². The molecule has 2 aliphatic rings. The Morgan fingerprint density at radius 1 is 1.03 bits per heavy atom. The summed E-state index contributed by atoms with van der Waals surface area (Å²) in [6, 6.07) is 13.5. The third kappa shape index (κ3) is 4.84. The number of carbonyl (C=O) groups is 1. The van der Waals surface area contributed by atoms with Crippen molar-refractivity contribution in [1.29, 1.82) is 0 Å². The summed E-state index contributed by atoms with van der Waals surface area (Å²) in [6.07, 6.45) is 0.982. The molecule has 1 saturated heterocycles. The van der Waals surface area contributed by atoms with Crippen molar-refractivity contribution in [1.82, 2.24) is 4.90 Å². The number of ether oxygens (including phenoxy) is 4. The predicted molar refractivity (Wildman–Crippen MR) is 120 cm³/mol. The van der Waals surface area contributed by atoms with Crippen LogP contribution in [0, 0.1) is 5.92 Å². The van der Waals surface area contributed by atoms with Crippen molar-refractivity contribution in [3.8, 4) is 17.2 Å². The molecule has 0 aromatic heterocycles. The second kappa shape index (κ2) is 10.2. The maximum Gasteiger partial charge on any atom is 0.307 e. The van der Waals surface area contributed by atoms with Crippen LogP contribution in [0.4, 0.5) is 0 Å². The van der Waals surface area contributed by atoms with E-state index in [1.165, 1.54) is 0 Å². The van der Waals surface area contributed by atoms with E-state index in [0.29, 0.717) is 31.2 Å². The molecule has 0 saturated carbocycles. The standard InChI is InChI=1S/C25H31NO6/c1-3-11-30-12-10-26-14-20(17-4-7-19(29-2)8-5-17)24(25(27)28)21(15-26)18-6-9-22-23(13-18)32-16-31-22/h4-9,13,20-21,24H,3,10-12,14-16H2,1-2H3,(H,27,28). The number of rotatable bonds is 9. The molecule has 0 radical (unpaired) electrons. The first-order valence-electron chi connectivity index (χ1n) is 11.2. The summed E-state index contributed by atoms with van der Waals surface area (Å²) in [5.41, 5.74) is 1.96. The molecule has 2 heterocycles. The molecule has 1 fully saturated rings. The lowest BCUT2D eigenvalue weighted by Crippen LogP contribution is -2.47. The third-order valence-corrected chi connectivity index (χ3v) is 6.33. The Labute approximate surface area is 188 Å². The third-order valence-electron chi connectivity index (χ3n) is 6.33. The van der Waals surface area contributed by atoms with Crippen molar-refractivity contribution in [2.75, 3.05) is 46.8 Å². The van der Waals surface area contributed by atoms with Crippen LogP contribution in [0.25, 0.3) is 0 Å². The van der Waals surface area contributed by atoms with Gasteiger partial charge in [0.15, 0.2) is 11.5 Å². The zero-order valence-corrected chi connectivity index (χ0v) is 18.7. The Morgan fingerprint density at radius 3 is 2.41 bits per heavy atom. The topological polar surface area (TPSA) is 77.5 Å². The molecule has 0 aliphatic carbocycles. The fourth-order valence-corrected chi connectivity index (χ4v) is 4.73. The van der Waals surface area contributed by atoms with Crippen LogP contribution in [0.3, 0.4) is 0 Å². The van der Waals surface area contributed by atoms with E-state index in [2.05, 4.69) is 11.8 Å². The lowest BCUT2D eigenvalue weighted by Gasteiger charge is -2.42. The highest BCUT2D eigenvalue weighted by Crippen LogP contribution is 2.44. The van der Waals surface area contributed by atoms with Gasteiger partial charge in [-0.1, -0.05) is 25.1 Å². The van der Waals surface area contributed by atoms with Crippen LogP contribution in [-0.2, 0) is 9.53 Å². The number of methoxy groups -OCH3 is 1. The monoisotopic (exact) mass is 441 g/mol. The molecule has 3 unspecified atom stereocenters. The van der Waals surface area contributed by atoms with E-state index >= 15 is 0 Å². The van der Waals surface area contributed by atoms with Gasteiger partial charge in [0, 0.05) is 38.1 Å². The number of fused-ring (bicyclic) bond motifs is 1. The maximum atomic E-state index is 12.6. The van der Waals surface area contributed by atoms with Gasteiger partial charge < -0.3 is 24.1 Å². The fourth-order valence-electron chi connectivity index (χ4n) is 4.73. The van der Waals surface area contributed by atoms with Gasteiger partial charge in [-0.05, 0) is 41.8 Å². The zero-order valence-electron chi connectivity index (χ0n) is 18.7. The van der Waals surface area contributed by atoms with Crippen LogP contribution >= 0.6 is 0 Å². The number of carboxylic acid groups (broad SMARTS) is 1. The van der Waals surface area contributed by atoms with Crippen LogP contribution in [0.1, 0.15) is 36.3 Å². The average Bonchev–Trinajstić information content (AvgIpc) is 3.29. The Morgan fingerprint density at radius 2 is 1.72 bits per heavy atom. The van der Waals surface area contributed by atoms with Crippen LogP contribution in [0.2, 0.25) is 0 Å². The Hall–Kier alpha value is -2.77. The quantitative estimate of drug-likeness (QED) is 0.594. The van der Waals surface area contributed by atoms with Gasteiger partial charge in [0.25, 0.3) is 0 Å². The van der Waals surface area contributed by atoms with Gasteiger partial charge in [-0.15, -0.1) is 0 Å². The molecule has 7 nitrogen and oxygen atoms in total. The summed E-state index contributed by atoms with van der Waals surface area (Å²) in [5, 5.41) is 10.3. The number of carboxylic acids is 1. The summed E-state index contributed by atoms with van der Waals surface area (Å²) in [6.45, 7) is 5.74. The normalized spacial score (nSPS) is 22.6. The molecule has 32 heavy (non-hydrogen) atoms. The summed E-state index contributed by atoms with van der Waals surface area (Å²) in [4.78, 5) is 14.9. The molecule has 4 rings (SSSR count). The number of hydrogen-bond donors (Lipinski definition) is 1. The molecule has 1 N–H and O–H groups in total. The van der Waals surface area contributed by atoms with Gasteiger partial charge in [-0.25, -0.2) is 0 Å². The van der Waals surface area contributed by atoms with Crippen molar-refractivity contribution >= 4 is 5.97 Å². The molecule has 0 spiro atoms. The Bertz CT molecular complexity index is 915. The average molecular weight is 442 g/mol. The van der Waals surface area contributed by atoms with E-state index in [4.69, 9.17) is 18.9 Å². The summed E-state index contributed by atoms with van der Waals surface area (Å²) >= 11 is 0. The largest absolute Gasteiger partial charge is 0.497 e. The first-order chi connectivity index (χ1) is 15.6. The first kappa shape index (κ1) is 22.4. The Kier molecular flexibility index (Phi) is 7.17. The minimum Gasteiger partial charge on any atom is -0.497 e. The van der Waals surface area contributed by atoms with Crippen LogP contribution in [-0.4, -0.2) is 62.7 Å². The highest BCUT2D eigenvalue weighted by atomic mass is 16.7. The molecular weight excluding hydrogens is 410 g/mol. The molecule has 172 valence electrons. The van der Waals surface area contributed by atoms with Crippen molar-refractivity contribution in [2.24, 2.45) is 5.92 Å². The SMILES string of the molecule is CCCOCCN1CC(c2ccc(OC)cc2)C(C(=O)O)C(c2ccc3c(c2)OCO3)C1. The number of aliphatic carboxylic acids is 1. The minimum absolute atomic E-state index is 0.159. The summed E-state index contributed by atoms with van der Waals surface area (Å²) in [7, 11) is 1.63. The number of likely N-dealkylation sites (tertiary alicyclic amines) is 1. The van der Waals surface area contributed by atoms with E-state index < -0.39 is 11.9 Å². The number of piperidine rings is 1. The highest BCUT2D eigenvalue weighted by molar-refractivity contribution is 5.73. The van der Waals surface area contributed by atoms with Gasteiger partial charge in [-0.3, -0.25) is 9.69 Å². The van der Waals surface area contributed by atoms with E-state index in [0.717, 1.165) is 36.4 Å². The molecule has 0 amide bonds. The Balaban J connectivity index is 1.65. The lowest BCUT2D eigenvalue weighted by molar-refractivity contribution is -0.145. The fraction of sp³-hybridized carbons (Fsp3) is 0.480. The predicted octanol–water partition coefficient (Wildman–Crippen LogP) is 3.73. The number of hydrogen-bond acceptors (Lipinski definition) is 6. The van der Waals surface area contributed by atoms with E-state index in [9.17, 15) is 9.90 Å². The second-order valence-corrected chi connectivity index (χ2v) is 8.33. The van der Waals surface area contributed by atoms with Crippen molar-refractivity contribution < 1.29 is 28.8 Å². The van der Waals surface area contributed by atoms with Crippen molar-refractivity contribution in [3.05, 3.63) is 53.6 Å². The van der Waals surface area contributed by atoms with Crippen LogP contribution < -0.4 is 14.2 Å². The minimum atomic E-state index is -0.782. The first-order valence-corrected chi connectivity index (χ1v) is 11.2. The van der Waals surface area contributed by atoms with Gasteiger partial charge in [0.2, 0.25) is 6.79 Å². The molecule has 0 bridgehead atoms. The maximum absolute atomic E-state index is 12.6. The molecule has 3 atom stereocenters. The van der Waals surface area contributed by atoms with Crippen molar-refractivity contribution in [2.45, 2.75) is 25.2 Å². The molecule has 7 heteroatoms. The summed E-state index contributed by atoms with van der Waals surface area (Å²) < 4.78 is 22.0. The molecule has 2 aromatic carbocycles. The van der Waals surface area contributed by atoms with Gasteiger partial charge in [0.1, 0.15) is 5.75 Å². The molecule has 2 aliphatic heterocycles. The van der Waals surface area contributed by atoms with E-state index in [1.807, 2.05) is 42.5 Å². The van der Waals surface area contributed by atoms with Crippen LogP contribution in [0.15, 0.2) is 42.5 Å². The highest BCUT2D eigenvalue weighted by Gasteiger charge is 2.43. The van der Waals surface area contributed by atoms with Gasteiger partial charge in [0.05, 0.1) is 19.6 Å². The van der Waals surface area contributed by atoms with Gasteiger partial charge in [-0.2, -0.15) is 0 Å².